The number of oxime groups is 1. The van der Waals surface area contributed by atoms with Crippen LogP contribution in [-0.4, -0.2) is 42.1 Å². The van der Waals surface area contributed by atoms with Crippen LogP contribution in [0.15, 0.2) is 5.16 Å². The smallest absolute Gasteiger partial charge is 0.408 e. The van der Waals surface area contributed by atoms with Crippen molar-refractivity contribution in [2.24, 2.45) is 11.1 Å². The largest absolute Gasteiger partial charge is 0.463 e. The summed E-state index contributed by atoms with van der Waals surface area (Å²) in [5.41, 5.74) is 0.0519. The molecule has 0 fully saturated rings. The van der Waals surface area contributed by atoms with E-state index in [1.165, 1.54) is 0 Å². The van der Waals surface area contributed by atoms with Crippen LogP contribution in [0.1, 0.15) is 54.4 Å². The number of nitrogens with zero attached hydrogens (tertiary/aromatic N) is 1. The molecule has 1 aliphatic heterocycles. The lowest BCUT2D eigenvalue weighted by Crippen LogP contribution is -2.44. The number of alkyl carbamates (subject to hydrolysis) is 1. The first kappa shape index (κ1) is 19.3. The van der Waals surface area contributed by atoms with Crippen molar-refractivity contribution in [3.8, 4) is 0 Å². The molecule has 7 heteroatoms. The van der Waals surface area contributed by atoms with Crippen LogP contribution in [0.25, 0.3) is 0 Å². The number of hydrogen-bond acceptors (Lipinski definition) is 6. The van der Waals surface area contributed by atoms with Crippen LogP contribution in [0, 0.1) is 5.92 Å². The second-order valence-electron chi connectivity index (χ2n) is 6.96. The maximum Gasteiger partial charge on any atom is 0.408 e. The average Bonchev–Trinajstić information content (AvgIpc) is 2.84. The lowest BCUT2D eigenvalue weighted by molar-refractivity contribution is -0.154. The highest BCUT2D eigenvalue weighted by Crippen LogP contribution is 2.19. The van der Waals surface area contributed by atoms with E-state index in [-0.39, 0.29) is 6.04 Å². The molecule has 0 aromatic rings. The molecule has 0 spiro atoms. The zero-order valence-corrected chi connectivity index (χ0v) is 14.8. The van der Waals surface area contributed by atoms with Crippen LogP contribution in [-0.2, 0) is 19.1 Å². The third kappa shape index (κ3) is 6.88. The van der Waals surface area contributed by atoms with E-state index in [9.17, 15) is 9.59 Å². The molecule has 1 N–H and O–H groups in total. The molecule has 2 atom stereocenters. The molecular weight excluding hydrogens is 300 g/mol. The predicted octanol–water partition coefficient (Wildman–Crippen LogP) is 2.63. The van der Waals surface area contributed by atoms with Crippen LogP contribution in [0.3, 0.4) is 0 Å². The topological polar surface area (TPSA) is 86.2 Å². The van der Waals surface area contributed by atoms with Gasteiger partial charge in [-0.05, 0) is 40.0 Å². The van der Waals surface area contributed by atoms with Gasteiger partial charge in [-0.15, -0.1) is 0 Å². The van der Waals surface area contributed by atoms with Crippen LogP contribution in [0.5, 0.6) is 0 Å². The zero-order chi connectivity index (χ0) is 17.6. The first-order chi connectivity index (χ1) is 10.6. The molecule has 1 heterocycles. The van der Waals surface area contributed by atoms with Gasteiger partial charge in [0.15, 0.2) is 0 Å². The van der Waals surface area contributed by atoms with E-state index in [4.69, 9.17) is 14.3 Å². The molecule has 0 saturated heterocycles. The van der Waals surface area contributed by atoms with Crippen molar-refractivity contribution in [3.63, 3.8) is 0 Å². The minimum atomic E-state index is -0.736. The first-order valence-corrected chi connectivity index (χ1v) is 8.01. The van der Waals surface area contributed by atoms with Crippen molar-refractivity contribution >= 4 is 17.8 Å². The molecule has 132 valence electrons. The summed E-state index contributed by atoms with van der Waals surface area (Å²) in [5, 5.41) is 6.78. The Morgan fingerprint density at radius 1 is 1.39 bits per heavy atom. The minimum absolute atomic E-state index is 0.291. The number of carbonyl (C=O) groups is 2. The lowest BCUT2D eigenvalue weighted by atomic mass is 9.97. The number of carbonyl (C=O) groups excluding carboxylic acids is 2. The van der Waals surface area contributed by atoms with Crippen molar-refractivity contribution in [1.29, 1.82) is 0 Å². The summed E-state index contributed by atoms with van der Waals surface area (Å²) in [6, 6.07) is -0.329. The summed E-state index contributed by atoms with van der Waals surface area (Å²) in [6.07, 6.45) is -0.256. The molecule has 0 aliphatic carbocycles. The van der Waals surface area contributed by atoms with Gasteiger partial charge in [-0.2, -0.15) is 0 Å². The highest BCUT2D eigenvalue weighted by atomic mass is 16.7. The van der Waals surface area contributed by atoms with Crippen molar-refractivity contribution in [3.05, 3.63) is 0 Å². The number of ether oxygens (including phenoxy) is 2. The quantitative estimate of drug-likeness (QED) is 0.758. The molecule has 1 aliphatic rings. The van der Waals surface area contributed by atoms with Crippen LogP contribution >= 0.6 is 0 Å². The fourth-order valence-corrected chi connectivity index (χ4v) is 2.16. The van der Waals surface area contributed by atoms with Crippen molar-refractivity contribution in [2.45, 2.75) is 72.1 Å². The maximum absolute atomic E-state index is 12.0. The van der Waals surface area contributed by atoms with Crippen molar-refractivity contribution in [2.75, 3.05) is 6.61 Å². The van der Waals surface area contributed by atoms with Gasteiger partial charge in [0.05, 0.1) is 18.4 Å². The van der Waals surface area contributed by atoms with Gasteiger partial charge < -0.3 is 19.6 Å². The minimum Gasteiger partial charge on any atom is -0.463 e. The Labute approximate surface area is 137 Å². The number of amides is 1. The van der Waals surface area contributed by atoms with Gasteiger partial charge >= 0.3 is 12.1 Å². The fraction of sp³-hybridized carbons (Fsp3) is 0.812. The van der Waals surface area contributed by atoms with Crippen LogP contribution in [0.2, 0.25) is 0 Å². The SMILES string of the molecule is CCOC(=O)C1CC(C(CC(C)C)NC(=O)OC(C)(C)C)=NO1. The van der Waals surface area contributed by atoms with E-state index >= 15 is 0 Å². The Hall–Kier alpha value is -1.79. The fourth-order valence-electron chi connectivity index (χ4n) is 2.16. The van der Waals surface area contributed by atoms with Gasteiger partial charge in [0.2, 0.25) is 6.10 Å². The molecule has 0 radical (unpaired) electrons. The molecule has 2 unspecified atom stereocenters. The van der Waals surface area contributed by atoms with Gasteiger partial charge in [-0.3, -0.25) is 0 Å². The normalized spacial score (nSPS) is 18.9. The third-order valence-electron chi connectivity index (χ3n) is 3.04. The number of hydrogen-bond donors (Lipinski definition) is 1. The Kier molecular flexibility index (Phi) is 6.84. The Morgan fingerprint density at radius 2 is 2.04 bits per heavy atom. The molecule has 0 saturated carbocycles. The number of esters is 1. The van der Waals surface area contributed by atoms with E-state index in [0.717, 1.165) is 0 Å². The van der Waals surface area contributed by atoms with Crippen molar-refractivity contribution < 1.29 is 23.9 Å². The summed E-state index contributed by atoms with van der Waals surface area (Å²) in [6.45, 7) is 11.5. The summed E-state index contributed by atoms with van der Waals surface area (Å²) in [7, 11) is 0. The third-order valence-corrected chi connectivity index (χ3v) is 3.04. The highest BCUT2D eigenvalue weighted by Gasteiger charge is 2.34. The van der Waals surface area contributed by atoms with Crippen LogP contribution in [0.4, 0.5) is 4.79 Å². The second-order valence-corrected chi connectivity index (χ2v) is 6.96. The van der Waals surface area contributed by atoms with Gasteiger partial charge in [0, 0.05) is 6.42 Å². The van der Waals surface area contributed by atoms with E-state index < -0.39 is 23.8 Å². The van der Waals surface area contributed by atoms with Gasteiger partial charge in [0.1, 0.15) is 5.60 Å². The van der Waals surface area contributed by atoms with E-state index in [1.807, 2.05) is 13.8 Å². The van der Waals surface area contributed by atoms with E-state index in [0.29, 0.717) is 31.1 Å². The molecule has 0 aromatic heterocycles. The molecule has 23 heavy (non-hydrogen) atoms. The Balaban J connectivity index is 2.68. The standard InChI is InChI=1S/C16H28N2O5/c1-7-21-14(19)13-9-12(18-23-13)11(8-10(2)3)17-15(20)22-16(4,5)6/h10-11,13H,7-9H2,1-6H3,(H,17,20). The summed E-state index contributed by atoms with van der Waals surface area (Å²) in [4.78, 5) is 28.9. The number of rotatable bonds is 6. The molecular formula is C16H28N2O5. The van der Waals surface area contributed by atoms with Crippen molar-refractivity contribution in [1.82, 2.24) is 5.32 Å². The monoisotopic (exact) mass is 328 g/mol. The predicted molar refractivity (Wildman–Crippen MR) is 86.2 cm³/mol. The Bertz CT molecular complexity index is 454. The first-order valence-electron chi connectivity index (χ1n) is 8.01. The summed E-state index contributed by atoms with van der Waals surface area (Å²) >= 11 is 0. The molecule has 0 aromatic carbocycles. The number of nitrogens with one attached hydrogen (secondary N) is 1. The summed E-state index contributed by atoms with van der Waals surface area (Å²) in [5.74, 6) is -0.105. The van der Waals surface area contributed by atoms with E-state index in [2.05, 4.69) is 10.5 Å². The Morgan fingerprint density at radius 3 is 2.57 bits per heavy atom. The molecule has 0 bridgehead atoms. The molecule has 1 rings (SSSR count). The van der Waals surface area contributed by atoms with Gasteiger partial charge in [0.25, 0.3) is 0 Å². The van der Waals surface area contributed by atoms with E-state index in [1.54, 1.807) is 27.7 Å². The second kappa shape index (κ2) is 8.17. The average molecular weight is 328 g/mol. The van der Waals surface area contributed by atoms with Gasteiger partial charge in [-0.1, -0.05) is 19.0 Å². The maximum atomic E-state index is 12.0. The van der Waals surface area contributed by atoms with Crippen LogP contribution < -0.4 is 5.32 Å². The molecule has 7 nitrogen and oxygen atoms in total. The highest BCUT2D eigenvalue weighted by molar-refractivity contribution is 5.96. The molecule has 1 amide bonds. The van der Waals surface area contributed by atoms with Gasteiger partial charge in [-0.25, -0.2) is 9.59 Å². The lowest BCUT2D eigenvalue weighted by Gasteiger charge is -2.24. The zero-order valence-electron chi connectivity index (χ0n) is 14.8. The summed E-state index contributed by atoms with van der Waals surface area (Å²) < 4.78 is 10.2.